The van der Waals surface area contributed by atoms with Crippen molar-refractivity contribution in [3.8, 4) is 0 Å². The van der Waals surface area contributed by atoms with Crippen LogP contribution in [0.3, 0.4) is 0 Å². The lowest BCUT2D eigenvalue weighted by atomic mass is 9.73. The highest BCUT2D eigenvalue weighted by molar-refractivity contribution is 9.09. The van der Waals surface area contributed by atoms with Crippen molar-refractivity contribution in [3.63, 3.8) is 0 Å². The van der Waals surface area contributed by atoms with Gasteiger partial charge in [-0.1, -0.05) is 76.6 Å². The van der Waals surface area contributed by atoms with Crippen LogP contribution >= 0.6 is 15.9 Å². The fraction of sp³-hybridized carbons (Fsp3) is 0.286. The number of hydrogen-bond donors (Lipinski definition) is 0. The number of benzene rings is 2. The van der Waals surface area contributed by atoms with E-state index in [0.29, 0.717) is 5.78 Å². The van der Waals surface area contributed by atoms with E-state index >= 15 is 0 Å². The van der Waals surface area contributed by atoms with Gasteiger partial charge in [-0.25, -0.2) is 0 Å². The zero-order valence-corrected chi connectivity index (χ0v) is 14.9. The summed E-state index contributed by atoms with van der Waals surface area (Å²) in [6.45, 7) is 4.23. The van der Waals surface area contributed by atoms with Gasteiger partial charge in [-0.15, -0.1) is 0 Å². The molecule has 116 valence electrons. The van der Waals surface area contributed by atoms with Crippen LogP contribution in [0.1, 0.15) is 31.4 Å². The van der Waals surface area contributed by atoms with E-state index in [1.807, 2.05) is 12.1 Å². The van der Waals surface area contributed by atoms with Gasteiger partial charge in [0.2, 0.25) is 0 Å². The molecule has 2 aromatic carbocycles. The third kappa shape index (κ3) is 1.82. The molecule has 0 amide bonds. The van der Waals surface area contributed by atoms with E-state index in [1.54, 1.807) is 0 Å². The van der Waals surface area contributed by atoms with Crippen LogP contribution in [0.25, 0.3) is 11.1 Å². The maximum absolute atomic E-state index is 13.3. The van der Waals surface area contributed by atoms with Gasteiger partial charge >= 0.3 is 0 Å². The van der Waals surface area contributed by atoms with Gasteiger partial charge in [0.15, 0.2) is 5.78 Å². The molecule has 0 radical (unpaired) electrons. The first-order valence-electron chi connectivity index (χ1n) is 8.04. The summed E-state index contributed by atoms with van der Waals surface area (Å²) in [5.41, 5.74) is 3.88. The fourth-order valence-corrected chi connectivity index (χ4v) is 5.59. The molecule has 1 fully saturated rings. The normalized spacial score (nSPS) is 32.7. The molecule has 2 heteroatoms. The first-order valence-corrected chi connectivity index (χ1v) is 8.96. The topological polar surface area (TPSA) is 17.1 Å². The fourth-order valence-electron chi connectivity index (χ4n) is 4.51. The summed E-state index contributed by atoms with van der Waals surface area (Å²) in [5, 5.41) is 0. The number of allylic oxidation sites excluding steroid dienone is 2. The van der Waals surface area contributed by atoms with Crippen LogP contribution in [0.5, 0.6) is 0 Å². The van der Waals surface area contributed by atoms with Crippen molar-refractivity contribution in [1.29, 1.82) is 0 Å². The van der Waals surface area contributed by atoms with Crippen molar-refractivity contribution in [2.75, 3.05) is 0 Å². The van der Waals surface area contributed by atoms with Crippen LogP contribution in [0.4, 0.5) is 0 Å². The van der Waals surface area contributed by atoms with E-state index in [0.717, 1.165) is 12.0 Å². The summed E-state index contributed by atoms with van der Waals surface area (Å²) in [6.07, 6.45) is 0.864. The van der Waals surface area contributed by atoms with Gasteiger partial charge in [-0.2, -0.15) is 0 Å². The molecule has 0 saturated heterocycles. The van der Waals surface area contributed by atoms with Crippen LogP contribution in [0.2, 0.25) is 0 Å². The number of carbonyl (C=O) groups is 1. The minimum absolute atomic E-state index is 0.190. The highest BCUT2D eigenvalue weighted by atomic mass is 79.9. The Morgan fingerprint density at radius 3 is 1.87 bits per heavy atom. The van der Waals surface area contributed by atoms with E-state index in [9.17, 15) is 4.79 Å². The quantitative estimate of drug-likeness (QED) is 0.653. The molecular formula is C21H19BrO. The molecule has 0 unspecified atom stereocenters. The van der Waals surface area contributed by atoms with Crippen molar-refractivity contribution in [2.45, 2.75) is 25.1 Å². The third-order valence-corrected chi connectivity index (χ3v) is 6.87. The average Bonchev–Trinajstić information content (AvgIpc) is 2.86. The summed E-state index contributed by atoms with van der Waals surface area (Å²) < 4.78 is 0. The molecule has 0 aromatic heterocycles. The third-order valence-electron chi connectivity index (χ3n) is 5.63. The molecule has 23 heavy (non-hydrogen) atoms. The van der Waals surface area contributed by atoms with Gasteiger partial charge < -0.3 is 0 Å². The molecule has 2 aromatic rings. The summed E-state index contributed by atoms with van der Waals surface area (Å²) in [7, 11) is 0. The Bertz CT molecular complexity index is 808. The molecule has 0 aliphatic heterocycles. The Balaban J connectivity index is 2.08. The van der Waals surface area contributed by atoms with Crippen LogP contribution < -0.4 is 0 Å². The minimum atomic E-state index is -0.457. The molecule has 2 aliphatic carbocycles. The lowest BCUT2D eigenvalue weighted by Crippen LogP contribution is -2.29. The SMILES string of the molecule is C[C@]12C[C@@H](Br)[C@](C)(C1=O)C(c1ccccc1)=C2c1ccccc1. The lowest BCUT2D eigenvalue weighted by Gasteiger charge is -2.33. The number of hydrogen-bond acceptors (Lipinski definition) is 1. The molecule has 1 saturated carbocycles. The van der Waals surface area contributed by atoms with E-state index in [2.05, 4.69) is 78.3 Å². The molecule has 3 atom stereocenters. The molecule has 2 bridgehead atoms. The maximum atomic E-state index is 13.3. The number of Topliss-reactive ketones (excluding diaryl/α,β-unsaturated/α-hetero) is 1. The molecule has 0 heterocycles. The number of halogens is 1. The Labute approximate surface area is 145 Å². The van der Waals surface area contributed by atoms with Crippen molar-refractivity contribution < 1.29 is 4.79 Å². The molecule has 1 nitrogen and oxygen atoms in total. The minimum Gasteiger partial charge on any atom is -0.298 e. The zero-order valence-electron chi connectivity index (χ0n) is 13.3. The molecule has 2 aliphatic rings. The van der Waals surface area contributed by atoms with Crippen LogP contribution in [0, 0.1) is 10.8 Å². The largest absolute Gasteiger partial charge is 0.298 e. The van der Waals surface area contributed by atoms with Crippen molar-refractivity contribution in [3.05, 3.63) is 71.8 Å². The zero-order chi connectivity index (χ0) is 16.2. The standard InChI is InChI=1S/C21H19BrO/c1-20-13-16(22)21(2,19(20)23)18(15-11-7-4-8-12-15)17(20)14-9-5-3-6-10-14/h3-12,16H,13H2,1-2H3/t16-,20-,21+/m1/s1. The van der Waals surface area contributed by atoms with E-state index < -0.39 is 10.8 Å². The summed E-state index contributed by atoms with van der Waals surface area (Å²) in [5.74, 6) is 0.351. The number of carbonyl (C=O) groups excluding carboxylic acids is 1. The maximum Gasteiger partial charge on any atom is 0.154 e. The Morgan fingerprint density at radius 2 is 1.35 bits per heavy atom. The van der Waals surface area contributed by atoms with Gasteiger partial charge in [0.1, 0.15) is 0 Å². The number of rotatable bonds is 2. The smallest absolute Gasteiger partial charge is 0.154 e. The number of ketones is 1. The predicted molar refractivity (Wildman–Crippen MR) is 98.3 cm³/mol. The van der Waals surface area contributed by atoms with Gasteiger partial charge in [-0.3, -0.25) is 4.79 Å². The monoisotopic (exact) mass is 366 g/mol. The van der Waals surface area contributed by atoms with Gasteiger partial charge in [0, 0.05) is 4.83 Å². The number of fused-ring (bicyclic) bond motifs is 2. The van der Waals surface area contributed by atoms with Gasteiger partial charge in [-0.05, 0) is 42.5 Å². The predicted octanol–water partition coefficient (Wildman–Crippen LogP) is 5.36. The van der Waals surface area contributed by atoms with Crippen LogP contribution in [-0.2, 0) is 4.79 Å². The van der Waals surface area contributed by atoms with Gasteiger partial charge in [0.05, 0.1) is 10.8 Å². The van der Waals surface area contributed by atoms with Crippen molar-refractivity contribution >= 4 is 32.9 Å². The molecule has 0 N–H and O–H groups in total. The highest BCUT2D eigenvalue weighted by Crippen LogP contribution is 2.68. The molecule has 0 spiro atoms. The Morgan fingerprint density at radius 1 is 0.870 bits per heavy atom. The summed E-state index contributed by atoms with van der Waals surface area (Å²) in [6, 6.07) is 20.8. The van der Waals surface area contributed by atoms with Crippen molar-refractivity contribution in [1.82, 2.24) is 0 Å². The first kappa shape index (κ1) is 14.9. The van der Waals surface area contributed by atoms with Crippen molar-refractivity contribution in [2.24, 2.45) is 10.8 Å². The second-order valence-corrected chi connectivity index (χ2v) is 8.12. The Hall–Kier alpha value is -1.67. The van der Waals surface area contributed by atoms with E-state index in [4.69, 9.17) is 0 Å². The summed E-state index contributed by atoms with van der Waals surface area (Å²) in [4.78, 5) is 13.5. The molecular weight excluding hydrogens is 348 g/mol. The van der Waals surface area contributed by atoms with Crippen LogP contribution in [0.15, 0.2) is 60.7 Å². The Kier molecular flexibility index (Phi) is 3.18. The lowest BCUT2D eigenvalue weighted by molar-refractivity contribution is -0.126. The second kappa shape index (κ2) is 4.91. The first-order chi connectivity index (χ1) is 11.0. The summed E-state index contributed by atoms with van der Waals surface area (Å²) >= 11 is 3.81. The molecule has 4 rings (SSSR count). The van der Waals surface area contributed by atoms with Crippen LogP contribution in [-0.4, -0.2) is 10.6 Å². The van der Waals surface area contributed by atoms with Gasteiger partial charge in [0.25, 0.3) is 0 Å². The second-order valence-electron chi connectivity index (χ2n) is 7.02. The number of alkyl halides is 1. The van der Waals surface area contributed by atoms with E-state index in [1.165, 1.54) is 16.7 Å². The average molecular weight is 367 g/mol. The van der Waals surface area contributed by atoms with E-state index in [-0.39, 0.29) is 4.83 Å². The highest BCUT2D eigenvalue weighted by Gasteiger charge is 2.66.